The summed E-state index contributed by atoms with van der Waals surface area (Å²) in [6, 6.07) is 2.13. The summed E-state index contributed by atoms with van der Waals surface area (Å²) in [5.41, 5.74) is 0.767. The summed E-state index contributed by atoms with van der Waals surface area (Å²) in [6.07, 6.45) is 4.10. The first-order valence-corrected chi connectivity index (χ1v) is 10.4. The zero-order valence-corrected chi connectivity index (χ0v) is 15.6. The number of alkyl halides is 2. The van der Waals surface area contributed by atoms with E-state index in [1.807, 2.05) is 19.3 Å². The second-order valence-corrected chi connectivity index (χ2v) is 9.17. The van der Waals surface area contributed by atoms with Crippen molar-refractivity contribution in [3.63, 3.8) is 0 Å². The molecule has 1 aliphatic carbocycles. The number of anilines is 1. The van der Waals surface area contributed by atoms with Crippen LogP contribution in [0.3, 0.4) is 0 Å². The average molecular weight is 401 g/mol. The Bertz CT molecular complexity index is 910. The SMILES string of the molecule is CN(c1ncnc2[nH]ccc12)[C@H]1C[C@@H](CS(=O)(=O)N2CC(OC(F)F)C2)C1. The number of H-pyrrole nitrogens is 1. The Morgan fingerprint density at radius 1 is 1.37 bits per heavy atom. The quantitative estimate of drug-likeness (QED) is 0.755. The van der Waals surface area contributed by atoms with Crippen LogP contribution < -0.4 is 4.90 Å². The molecule has 148 valence electrons. The molecule has 2 aromatic heterocycles. The van der Waals surface area contributed by atoms with Crippen LogP contribution in [0.1, 0.15) is 12.8 Å². The lowest BCUT2D eigenvalue weighted by atomic mass is 9.81. The van der Waals surface area contributed by atoms with E-state index in [2.05, 4.69) is 24.6 Å². The van der Waals surface area contributed by atoms with E-state index in [4.69, 9.17) is 0 Å². The third-order valence-corrected chi connectivity index (χ3v) is 7.35. The van der Waals surface area contributed by atoms with Crippen LogP contribution in [-0.2, 0) is 14.8 Å². The Kier molecular flexibility index (Phi) is 4.77. The molecule has 0 radical (unpaired) electrons. The molecule has 2 fully saturated rings. The third kappa shape index (κ3) is 3.63. The van der Waals surface area contributed by atoms with Gasteiger partial charge in [0.15, 0.2) is 0 Å². The zero-order valence-electron chi connectivity index (χ0n) is 14.8. The number of sulfonamides is 1. The van der Waals surface area contributed by atoms with Crippen molar-refractivity contribution >= 4 is 26.9 Å². The predicted octanol–water partition coefficient (Wildman–Crippen LogP) is 1.43. The molecule has 2 aromatic rings. The van der Waals surface area contributed by atoms with Crippen LogP contribution in [0.15, 0.2) is 18.6 Å². The monoisotopic (exact) mass is 401 g/mol. The molecule has 8 nitrogen and oxygen atoms in total. The fraction of sp³-hybridized carbons (Fsp3) is 0.625. The topological polar surface area (TPSA) is 91.4 Å². The molecule has 1 aliphatic heterocycles. The van der Waals surface area contributed by atoms with Gasteiger partial charge < -0.3 is 14.6 Å². The highest BCUT2D eigenvalue weighted by Gasteiger charge is 2.42. The molecule has 0 aromatic carbocycles. The van der Waals surface area contributed by atoms with Gasteiger partial charge in [-0.15, -0.1) is 0 Å². The standard InChI is InChI=1S/C16H21F2N5O3S/c1-22(15-13-2-3-19-14(13)20-9-21-15)11-4-10(5-11)8-27(24,25)23-6-12(7-23)26-16(17)18/h2-3,9-12,16H,4-8H2,1H3,(H,19,20,21)/t10-,11+. The Morgan fingerprint density at radius 2 is 2.11 bits per heavy atom. The van der Waals surface area contributed by atoms with Crippen molar-refractivity contribution in [1.29, 1.82) is 0 Å². The maximum atomic E-state index is 12.4. The zero-order chi connectivity index (χ0) is 19.2. The minimum absolute atomic E-state index is 0.00906. The summed E-state index contributed by atoms with van der Waals surface area (Å²) in [5.74, 6) is 0.922. The number of fused-ring (bicyclic) bond motifs is 1. The van der Waals surface area contributed by atoms with Gasteiger partial charge in [0.1, 0.15) is 17.8 Å². The highest BCUT2D eigenvalue weighted by atomic mass is 32.2. The summed E-state index contributed by atoms with van der Waals surface area (Å²) >= 11 is 0. The van der Waals surface area contributed by atoms with E-state index in [0.717, 1.165) is 29.7 Å². The smallest absolute Gasteiger partial charge is 0.345 e. The lowest BCUT2D eigenvalue weighted by Gasteiger charge is -2.43. The number of nitrogens with zero attached hydrogens (tertiary/aromatic N) is 4. The van der Waals surface area contributed by atoms with Crippen LogP contribution in [0.2, 0.25) is 0 Å². The molecule has 0 unspecified atom stereocenters. The molecule has 27 heavy (non-hydrogen) atoms. The summed E-state index contributed by atoms with van der Waals surface area (Å²) in [7, 11) is -1.48. The van der Waals surface area contributed by atoms with E-state index in [0.29, 0.717) is 0 Å². The number of ether oxygens (including phenoxy) is 1. The van der Waals surface area contributed by atoms with Gasteiger partial charge in [0.25, 0.3) is 0 Å². The predicted molar refractivity (Wildman–Crippen MR) is 95.0 cm³/mol. The van der Waals surface area contributed by atoms with Gasteiger partial charge in [0, 0.05) is 32.4 Å². The molecule has 2 aliphatic rings. The largest absolute Gasteiger partial charge is 0.356 e. The van der Waals surface area contributed by atoms with E-state index in [1.165, 1.54) is 10.6 Å². The Hall–Kier alpha value is -1.85. The molecular weight excluding hydrogens is 380 g/mol. The molecule has 0 amide bonds. The number of hydrogen-bond acceptors (Lipinski definition) is 6. The first-order chi connectivity index (χ1) is 12.8. The van der Waals surface area contributed by atoms with Crippen molar-refractivity contribution < 1.29 is 21.9 Å². The first-order valence-electron chi connectivity index (χ1n) is 8.76. The van der Waals surface area contributed by atoms with E-state index >= 15 is 0 Å². The molecule has 3 heterocycles. The molecule has 11 heteroatoms. The van der Waals surface area contributed by atoms with E-state index in [9.17, 15) is 17.2 Å². The van der Waals surface area contributed by atoms with E-state index < -0.39 is 22.7 Å². The van der Waals surface area contributed by atoms with Crippen molar-refractivity contribution in [3.05, 3.63) is 18.6 Å². The van der Waals surface area contributed by atoms with Crippen molar-refractivity contribution in [1.82, 2.24) is 19.3 Å². The fourth-order valence-corrected chi connectivity index (χ4v) is 5.59. The minimum Gasteiger partial charge on any atom is -0.356 e. The maximum absolute atomic E-state index is 12.4. The number of aromatic amines is 1. The highest BCUT2D eigenvalue weighted by molar-refractivity contribution is 7.89. The summed E-state index contributed by atoms with van der Waals surface area (Å²) < 4.78 is 54.6. The molecule has 1 saturated heterocycles. The molecule has 1 saturated carbocycles. The van der Waals surface area contributed by atoms with Crippen molar-refractivity contribution in [2.75, 3.05) is 30.8 Å². The van der Waals surface area contributed by atoms with Gasteiger partial charge in [0.05, 0.1) is 17.2 Å². The molecule has 1 N–H and O–H groups in total. The summed E-state index contributed by atoms with van der Waals surface area (Å²) in [5, 5.41) is 0.932. The van der Waals surface area contributed by atoms with Gasteiger partial charge >= 0.3 is 6.61 Å². The summed E-state index contributed by atoms with van der Waals surface area (Å²) in [4.78, 5) is 13.6. The molecule has 0 spiro atoms. The summed E-state index contributed by atoms with van der Waals surface area (Å²) in [6.45, 7) is -2.85. The molecule has 4 rings (SSSR count). The van der Waals surface area contributed by atoms with Crippen LogP contribution >= 0.6 is 0 Å². The fourth-order valence-electron chi connectivity index (χ4n) is 3.73. The normalized spacial score (nSPS) is 24.1. The maximum Gasteiger partial charge on any atom is 0.345 e. The number of nitrogens with one attached hydrogen (secondary N) is 1. The average Bonchev–Trinajstić information content (AvgIpc) is 3.01. The van der Waals surface area contributed by atoms with Crippen LogP contribution in [0, 0.1) is 5.92 Å². The van der Waals surface area contributed by atoms with E-state index in [-0.39, 0.29) is 30.8 Å². The Balaban J connectivity index is 1.30. The first kappa shape index (κ1) is 18.5. The second-order valence-electron chi connectivity index (χ2n) is 7.15. The van der Waals surface area contributed by atoms with Gasteiger partial charge in [-0.3, -0.25) is 0 Å². The van der Waals surface area contributed by atoms with Crippen LogP contribution in [0.5, 0.6) is 0 Å². The van der Waals surface area contributed by atoms with Crippen LogP contribution in [0.4, 0.5) is 14.6 Å². The van der Waals surface area contributed by atoms with Gasteiger partial charge in [0.2, 0.25) is 10.0 Å². The minimum atomic E-state index is -3.43. The highest BCUT2D eigenvalue weighted by Crippen LogP contribution is 2.36. The number of halogens is 2. The van der Waals surface area contributed by atoms with Crippen LogP contribution in [-0.4, -0.2) is 72.3 Å². The van der Waals surface area contributed by atoms with Gasteiger partial charge in [-0.25, -0.2) is 18.4 Å². The van der Waals surface area contributed by atoms with Crippen molar-refractivity contribution in [2.45, 2.75) is 31.6 Å². The van der Waals surface area contributed by atoms with E-state index in [1.54, 1.807) is 0 Å². The number of aromatic nitrogens is 3. The molecular formula is C16H21F2N5O3S. The second kappa shape index (κ2) is 6.95. The van der Waals surface area contributed by atoms with Gasteiger partial charge in [-0.2, -0.15) is 13.1 Å². The van der Waals surface area contributed by atoms with Crippen LogP contribution in [0.25, 0.3) is 11.0 Å². The lowest BCUT2D eigenvalue weighted by Crippen LogP contribution is -2.57. The van der Waals surface area contributed by atoms with Crippen molar-refractivity contribution in [2.24, 2.45) is 5.92 Å². The van der Waals surface area contributed by atoms with Gasteiger partial charge in [-0.1, -0.05) is 0 Å². The number of hydrogen-bond donors (Lipinski definition) is 1. The third-order valence-electron chi connectivity index (χ3n) is 5.38. The Morgan fingerprint density at radius 3 is 2.81 bits per heavy atom. The lowest BCUT2D eigenvalue weighted by molar-refractivity contribution is -0.185. The molecule has 0 bridgehead atoms. The van der Waals surface area contributed by atoms with Crippen molar-refractivity contribution in [3.8, 4) is 0 Å². The molecule has 0 atom stereocenters. The van der Waals surface area contributed by atoms with Gasteiger partial charge in [-0.05, 0) is 24.8 Å². The number of rotatable bonds is 7. The Labute approximate surface area is 155 Å².